The van der Waals surface area contributed by atoms with Crippen LogP contribution in [0.5, 0.6) is 0 Å². The van der Waals surface area contributed by atoms with Crippen molar-refractivity contribution in [2.75, 3.05) is 19.8 Å². The molecule has 3 heterocycles. The molecule has 1 aromatic heterocycles. The first-order valence-electron chi connectivity index (χ1n) is 12.1. The van der Waals surface area contributed by atoms with Crippen molar-refractivity contribution in [2.45, 2.75) is 73.9 Å². The molecule has 1 unspecified atom stereocenters. The van der Waals surface area contributed by atoms with Crippen molar-refractivity contribution in [3.05, 3.63) is 46.5 Å². The van der Waals surface area contributed by atoms with Gasteiger partial charge in [0.05, 0.1) is 26.4 Å². The number of aliphatic hydroxyl groups excluding tert-OH is 7. The lowest BCUT2D eigenvalue weighted by Gasteiger charge is -2.42. The Kier molecular flexibility index (Phi) is 10.5. The normalized spacial score (nSPS) is 36.1. The SMILES string of the molecule is OC[C@H]1O[C@@H](OC[C@H]2O[C@@H](OCC(Cn3cncn3)c3ccc(Cl)cc3Cl)[C@H](O)[C@@H](O)[C@@H]2O)[C@H](O)[C@@H](O)[C@@H]1O. The van der Waals surface area contributed by atoms with Crippen LogP contribution in [0, 0.1) is 0 Å². The Morgan fingerprint density at radius 1 is 0.872 bits per heavy atom. The molecule has 2 aliphatic heterocycles. The summed E-state index contributed by atoms with van der Waals surface area (Å²) in [6.07, 6.45) is -12.3. The molecule has 0 aliphatic carbocycles. The molecule has 0 amide bonds. The van der Waals surface area contributed by atoms with Gasteiger partial charge in [-0.1, -0.05) is 29.3 Å². The molecule has 2 fully saturated rings. The van der Waals surface area contributed by atoms with E-state index in [0.29, 0.717) is 22.2 Å². The Morgan fingerprint density at radius 2 is 1.51 bits per heavy atom. The maximum Gasteiger partial charge on any atom is 0.186 e. The third kappa shape index (κ3) is 7.05. The highest BCUT2D eigenvalue weighted by Gasteiger charge is 2.47. The molecule has 0 radical (unpaired) electrons. The summed E-state index contributed by atoms with van der Waals surface area (Å²) in [5.41, 5.74) is 0.671. The molecule has 14 nitrogen and oxygen atoms in total. The number of rotatable bonds is 10. The van der Waals surface area contributed by atoms with E-state index in [4.69, 9.17) is 42.1 Å². The van der Waals surface area contributed by atoms with Crippen LogP contribution in [0.25, 0.3) is 0 Å². The van der Waals surface area contributed by atoms with E-state index >= 15 is 0 Å². The molecule has 4 rings (SSSR count). The molecule has 0 bridgehead atoms. The summed E-state index contributed by atoms with van der Waals surface area (Å²) in [4.78, 5) is 3.92. The minimum atomic E-state index is -1.68. The second-order valence-electron chi connectivity index (χ2n) is 9.36. The number of nitrogens with zero attached hydrogens (tertiary/aromatic N) is 3. The number of hydrogen-bond donors (Lipinski definition) is 7. The number of halogens is 2. The summed E-state index contributed by atoms with van der Waals surface area (Å²) in [5, 5.41) is 75.7. The van der Waals surface area contributed by atoms with E-state index in [2.05, 4.69) is 10.1 Å². The average Bonchev–Trinajstić information content (AvgIpc) is 3.43. The summed E-state index contributed by atoms with van der Waals surface area (Å²) in [6.45, 7) is -0.897. The molecule has 2 aliphatic rings. The van der Waals surface area contributed by atoms with Crippen LogP contribution in [0.3, 0.4) is 0 Å². The molecule has 11 atom stereocenters. The fraction of sp³-hybridized carbons (Fsp3) is 0.652. The fourth-order valence-corrected chi connectivity index (χ4v) is 4.99. The van der Waals surface area contributed by atoms with Crippen molar-refractivity contribution in [1.29, 1.82) is 0 Å². The largest absolute Gasteiger partial charge is 0.394 e. The van der Waals surface area contributed by atoms with Gasteiger partial charge < -0.3 is 54.7 Å². The van der Waals surface area contributed by atoms with Gasteiger partial charge >= 0.3 is 0 Å². The highest BCUT2D eigenvalue weighted by molar-refractivity contribution is 6.35. The van der Waals surface area contributed by atoms with Gasteiger partial charge in [-0.3, -0.25) is 4.68 Å². The van der Waals surface area contributed by atoms with Crippen LogP contribution in [0.15, 0.2) is 30.9 Å². The number of benzene rings is 1. The van der Waals surface area contributed by atoms with Crippen molar-refractivity contribution in [3.8, 4) is 0 Å². The van der Waals surface area contributed by atoms with E-state index in [9.17, 15) is 35.7 Å². The maximum absolute atomic E-state index is 10.5. The van der Waals surface area contributed by atoms with Gasteiger partial charge in [0.1, 0.15) is 61.5 Å². The summed E-state index contributed by atoms with van der Waals surface area (Å²) >= 11 is 12.4. The van der Waals surface area contributed by atoms with Gasteiger partial charge in [-0.2, -0.15) is 5.10 Å². The predicted octanol–water partition coefficient (Wildman–Crippen LogP) is -1.99. The molecule has 2 aromatic rings. The summed E-state index contributed by atoms with van der Waals surface area (Å²) in [5.74, 6) is -0.417. The van der Waals surface area contributed by atoms with E-state index in [-0.39, 0.29) is 6.61 Å². The molecule has 39 heavy (non-hydrogen) atoms. The lowest BCUT2D eigenvalue weighted by atomic mass is 9.98. The predicted molar refractivity (Wildman–Crippen MR) is 132 cm³/mol. The Morgan fingerprint density at radius 3 is 2.13 bits per heavy atom. The topological polar surface area (TPSA) is 209 Å². The smallest absolute Gasteiger partial charge is 0.186 e. The third-order valence-electron chi connectivity index (χ3n) is 6.68. The highest BCUT2D eigenvalue weighted by Crippen LogP contribution is 2.31. The highest BCUT2D eigenvalue weighted by atomic mass is 35.5. The van der Waals surface area contributed by atoms with Crippen LogP contribution in [-0.4, -0.2) is 132 Å². The summed E-state index contributed by atoms with van der Waals surface area (Å²) in [7, 11) is 0. The average molecular weight is 596 g/mol. The minimum Gasteiger partial charge on any atom is -0.394 e. The summed E-state index contributed by atoms with van der Waals surface area (Å²) in [6, 6.07) is 4.96. The Balaban J connectivity index is 1.42. The van der Waals surface area contributed by atoms with Gasteiger partial charge in [0.25, 0.3) is 0 Å². The van der Waals surface area contributed by atoms with Crippen LogP contribution < -0.4 is 0 Å². The molecular weight excluding hydrogens is 565 g/mol. The molecule has 2 saturated heterocycles. The van der Waals surface area contributed by atoms with Crippen LogP contribution in [0.1, 0.15) is 11.5 Å². The Bertz CT molecular complexity index is 1050. The number of ether oxygens (including phenoxy) is 4. The van der Waals surface area contributed by atoms with Crippen molar-refractivity contribution < 1.29 is 54.7 Å². The number of aromatic nitrogens is 3. The van der Waals surface area contributed by atoms with Crippen molar-refractivity contribution in [3.63, 3.8) is 0 Å². The first-order chi connectivity index (χ1) is 18.6. The second kappa shape index (κ2) is 13.4. The standard InChI is InChI=1S/C23H31Cl2N3O11/c24-11-1-2-12(13(25)3-11)10(4-28-9-26-8-27-28)6-36-22-21(35)19(33)17(31)15(39-22)7-37-23-20(34)18(32)16(30)14(5-29)38-23/h1-3,8-10,14-23,29-35H,4-7H2/t10?,14-,15-,16-,17-,18+,19+,20-,21-,22-,23-/m1/s1. The van der Waals surface area contributed by atoms with Gasteiger partial charge in [-0.25, -0.2) is 4.98 Å². The molecule has 0 spiro atoms. The summed E-state index contributed by atoms with van der Waals surface area (Å²) < 4.78 is 23.8. The maximum atomic E-state index is 10.5. The van der Waals surface area contributed by atoms with Crippen molar-refractivity contribution >= 4 is 23.2 Å². The molecule has 0 saturated carbocycles. The van der Waals surface area contributed by atoms with Crippen LogP contribution in [0.2, 0.25) is 10.0 Å². The zero-order valence-corrected chi connectivity index (χ0v) is 21.9. The molecule has 16 heteroatoms. The van der Waals surface area contributed by atoms with Crippen LogP contribution >= 0.6 is 23.2 Å². The van der Waals surface area contributed by atoms with Crippen LogP contribution in [-0.2, 0) is 25.5 Å². The van der Waals surface area contributed by atoms with Gasteiger partial charge in [0, 0.05) is 16.0 Å². The lowest BCUT2D eigenvalue weighted by molar-refractivity contribution is -0.331. The Hall–Kier alpha value is -1.50. The van der Waals surface area contributed by atoms with E-state index in [0.717, 1.165) is 0 Å². The zero-order valence-electron chi connectivity index (χ0n) is 20.4. The minimum absolute atomic E-state index is 0.0634. The molecular formula is C23H31Cl2N3O11. The molecule has 7 N–H and O–H groups in total. The quantitative estimate of drug-likeness (QED) is 0.159. The third-order valence-corrected chi connectivity index (χ3v) is 7.24. The van der Waals surface area contributed by atoms with Crippen LogP contribution in [0.4, 0.5) is 0 Å². The van der Waals surface area contributed by atoms with Crippen molar-refractivity contribution in [1.82, 2.24) is 14.8 Å². The number of aliphatic hydroxyl groups is 7. The van der Waals surface area contributed by atoms with Gasteiger partial charge in [-0.15, -0.1) is 0 Å². The van der Waals surface area contributed by atoms with E-state index in [1.54, 1.807) is 22.9 Å². The number of hydrogen-bond acceptors (Lipinski definition) is 13. The van der Waals surface area contributed by atoms with Gasteiger partial charge in [0.2, 0.25) is 0 Å². The first-order valence-corrected chi connectivity index (χ1v) is 12.9. The second-order valence-corrected chi connectivity index (χ2v) is 10.2. The van der Waals surface area contributed by atoms with E-state index in [1.165, 1.54) is 12.7 Å². The molecule has 218 valence electrons. The fourth-order valence-electron chi connectivity index (χ4n) is 4.42. The van der Waals surface area contributed by atoms with Crippen molar-refractivity contribution in [2.24, 2.45) is 0 Å². The van der Waals surface area contributed by atoms with E-state index in [1.807, 2.05) is 0 Å². The van der Waals surface area contributed by atoms with Gasteiger partial charge in [0.15, 0.2) is 12.6 Å². The Labute approximate surface area is 232 Å². The first kappa shape index (κ1) is 30.5. The lowest BCUT2D eigenvalue weighted by Crippen LogP contribution is -2.61. The monoisotopic (exact) mass is 595 g/mol. The molecule has 1 aromatic carbocycles. The van der Waals surface area contributed by atoms with Gasteiger partial charge in [-0.05, 0) is 17.7 Å². The van der Waals surface area contributed by atoms with E-state index < -0.39 is 80.5 Å². The zero-order chi connectivity index (χ0) is 28.3.